The zero-order valence-corrected chi connectivity index (χ0v) is 14.3. The lowest BCUT2D eigenvalue weighted by atomic mass is 9.97. The van der Waals surface area contributed by atoms with Gasteiger partial charge in [-0.1, -0.05) is 50.2 Å². The summed E-state index contributed by atoms with van der Waals surface area (Å²) in [7, 11) is 0. The minimum Gasteiger partial charge on any atom is -0.362 e. The summed E-state index contributed by atoms with van der Waals surface area (Å²) in [5.74, 6) is 2.00. The monoisotopic (exact) mass is 323 g/mol. The molecule has 24 heavy (non-hydrogen) atoms. The molecule has 0 spiro atoms. The predicted molar refractivity (Wildman–Crippen MR) is 92.5 cm³/mol. The highest BCUT2D eigenvalue weighted by molar-refractivity contribution is 5.55. The fourth-order valence-corrected chi connectivity index (χ4v) is 2.25. The van der Waals surface area contributed by atoms with Gasteiger partial charge in [-0.15, -0.1) is 0 Å². The van der Waals surface area contributed by atoms with Crippen LogP contribution in [0.1, 0.15) is 45.2 Å². The Morgan fingerprint density at radius 2 is 1.83 bits per heavy atom. The van der Waals surface area contributed by atoms with E-state index in [4.69, 9.17) is 4.52 Å². The van der Waals surface area contributed by atoms with Crippen molar-refractivity contribution in [2.45, 2.75) is 39.2 Å². The summed E-state index contributed by atoms with van der Waals surface area (Å²) >= 11 is 0. The topological polar surface area (TPSA) is 76.7 Å². The summed E-state index contributed by atoms with van der Waals surface area (Å²) in [5.41, 5.74) is 1.93. The molecule has 0 aliphatic rings. The van der Waals surface area contributed by atoms with Gasteiger partial charge in [0.25, 0.3) is 0 Å². The lowest BCUT2D eigenvalue weighted by molar-refractivity contribution is 0.321. The molecule has 0 radical (unpaired) electrons. The number of nitrogens with one attached hydrogen (secondary N) is 1. The average molecular weight is 323 g/mol. The molecule has 0 aliphatic heterocycles. The van der Waals surface area contributed by atoms with Crippen molar-refractivity contribution >= 4 is 5.82 Å². The van der Waals surface area contributed by atoms with E-state index in [1.54, 1.807) is 18.6 Å². The minimum absolute atomic E-state index is 0.117. The van der Waals surface area contributed by atoms with Crippen molar-refractivity contribution in [3.63, 3.8) is 0 Å². The lowest BCUT2D eigenvalue weighted by Crippen LogP contribution is -2.11. The second-order valence-electron chi connectivity index (χ2n) is 6.75. The van der Waals surface area contributed by atoms with Gasteiger partial charge in [-0.05, 0) is 12.5 Å². The maximum absolute atomic E-state index is 5.35. The quantitative estimate of drug-likeness (QED) is 0.782. The van der Waals surface area contributed by atoms with Crippen LogP contribution in [0, 0.1) is 0 Å². The smallest absolute Gasteiger partial charge is 0.232 e. The second kappa shape index (κ2) is 6.39. The number of rotatable bonds is 4. The minimum atomic E-state index is -0.152. The van der Waals surface area contributed by atoms with E-state index in [2.05, 4.69) is 44.5 Å². The third-order valence-electron chi connectivity index (χ3n) is 3.66. The van der Waals surface area contributed by atoms with Crippen LogP contribution < -0.4 is 5.32 Å². The van der Waals surface area contributed by atoms with E-state index in [1.807, 2.05) is 32.9 Å². The van der Waals surface area contributed by atoms with Gasteiger partial charge in [0.1, 0.15) is 5.82 Å². The molecule has 1 atom stereocenters. The highest BCUT2D eigenvalue weighted by atomic mass is 16.5. The molecule has 1 N–H and O–H groups in total. The van der Waals surface area contributed by atoms with Crippen LogP contribution in [0.4, 0.5) is 5.82 Å². The van der Waals surface area contributed by atoms with Gasteiger partial charge >= 0.3 is 0 Å². The zero-order valence-electron chi connectivity index (χ0n) is 14.3. The first-order chi connectivity index (χ1) is 11.4. The molecule has 6 heteroatoms. The summed E-state index contributed by atoms with van der Waals surface area (Å²) in [4.78, 5) is 12.8. The van der Waals surface area contributed by atoms with E-state index in [-0.39, 0.29) is 11.5 Å². The lowest BCUT2D eigenvalue weighted by Gasteiger charge is -2.14. The van der Waals surface area contributed by atoms with E-state index in [0.29, 0.717) is 11.7 Å². The van der Waals surface area contributed by atoms with Gasteiger partial charge in [0, 0.05) is 29.4 Å². The first kappa shape index (κ1) is 16.1. The number of benzene rings is 1. The molecular formula is C18H21N5O. The van der Waals surface area contributed by atoms with Crippen molar-refractivity contribution < 1.29 is 4.52 Å². The molecule has 124 valence electrons. The van der Waals surface area contributed by atoms with Crippen LogP contribution in [0.3, 0.4) is 0 Å². The molecule has 0 fully saturated rings. The SMILES string of the molecule is CC(Nc1cnccn1)c1ccc(-c2noc(C(C)(C)C)n2)cc1. The van der Waals surface area contributed by atoms with Crippen LogP contribution in [0.15, 0.2) is 47.4 Å². The van der Waals surface area contributed by atoms with Crippen molar-refractivity contribution in [2.75, 3.05) is 5.32 Å². The molecule has 0 bridgehead atoms. The fourth-order valence-electron chi connectivity index (χ4n) is 2.25. The van der Waals surface area contributed by atoms with Crippen molar-refractivity contribution in [3.05, 3.63) is 54.3 Å². The van der Waals surface area contributed by atoms with Crippen LogP contribution in [0.2, 0.25) is 0 Å². The molecule has 0 amide bonds. The number of nitrogens with zero attached hydrogens (tertiary/aromatic N) is 4. The van der Waals surface area contributed by atoms with Crippen LogP contribution in [0.25, 0.3) is 11.4 Å². The van der Waals surface area contributed by atoms with E-state index in [1.165, 1.54) is 0 Å². The number of anilines is 1. The zero-order chi connectivity index (χ0) is 17.2. The van der Waals surface area contributed by atoms with E-state index >= 15 is 0 Å². The van der Waals surface area contributed by atoms with Gasteiger partial charge in [-0.25, -0.2) is 4.98 Å². The third kappa shape index (κ3) is 3.59. The Morgan fingerprint density at radius 3 is 2.42 bits per heavy atom. The van der Waals surface area contributed by atoms with E-state index < -0.39 is 0 Å². The van der Waals surface area contributed by atoms with Crippen LogP contribution in [0.5, 0.6) is 0 Å². The molecule has 1 aromatic carbocycles. The van der Waals surface area contributed by atoms with Crippen molar-refractivity contribution in [3.8, 4) is 11.4 Å². The van der Waals surface area contributed by atoms with Gasteiger partial charge in [0.15, 0.2) is 0 Å². The Labute approximate surface area is 141 Å². The summed E-state index contributed by atoms with van der Waals surface area (Å²) < 4.78 is 5.35. The molecule has 0 saturated heterocycles. The summed E-state index contributed by atoms with van der Waals surface area (Å²) in [6.45, 7) is 8.23. The number of hydrogen-bond donors (Lipinski definition) is 1. The fraction of sp³-hybridized carbons (Fsp3) is 0.333. The van der Waals surface area contributed by atoms with Crippen LogP contribution in [-0.2, 0) is 5.41 Å². The second-order valence-corrected chi connectivity index (χ2v) is 6.75. The van der Waals surface area contributed by atoms with E-state index in [0.717, 1.165) is 16.9 Å². The van der Waals surface area contributed by atoms with Gasteiger partial charge in [0.2, 0.25) is 11.7 Å². The van der Waals surface area contributed by atoms with Gasteiger partial charge in [-0.2, -0.15) is 4.98 Å². The number of aromatic nitrogens is 4. The maximum Gasteiger partial charge on any atom is 0.232 e. The predicted octanol–water partition coefficient (Wildman–Crippen LogP) is 4.00. The van der Waals surface area contributed by atoms with Crippen molar-refractivity contribution in [1.82, 2.24) is 20.1 Å². The Bertz CT molecular complexity index is 790. The van der Waals surface area contributed by atoms with Crippen molar-refractivity contribution in [1.29, 1.82) is 0 Å². The molecule has 2 heterocycles. The molecule has 2 aromatic heterocycles. The van der Waals surface area contributed by atoms with Gasteiger partial charge in [-0.3, -0.25) is 4.98 Å². The molecule has 3 rings (SSSR count). The largest absolute Gasteiger partial charge is 0.362 e. The molecule has 0 aliphatic carbocycles. The molecule has 6 nitrogen and oxygen atoms in total. The summed E-state index contributed by atoms with van der Waals surface area (Å²) in [6.07, 6.45) is 5.03. The molecule has 1 unspecified atom stereocenters. The Hall–Kier alpha value is -2.76. The third-order valence-corrected chi connectivity index (χ3v) is 3.66. The van der Waals surface area contributed by atoms with E-state index in [9.17, 15) is 0 Å². The highest BCUT2D eigenvalue weighted by Gasteiger charge is 2.22. The molecule has 3 aromatic rings. The first-order valence-electron chi connectivity index (χ1n) is 7.90. The van der Waals surface area contributed by atoms with Crippen LogP contribution in [-0.4, -0.2) is 20.1 Å². The summed E-state index contributed by atoms with van der Waals surface area (Å²) in [6, 6.07) is 8.22. The first-order valence-corrected chi connectivity index (χ1v) is 7.90. The van der Waals surface area contributed by atoms with Crippen molar-refractivity contribution in [2.24, 2.45) is 0 Å². The average Bonchev–Trinajstić information content (AvgIpc) is 3.06. The highest BCUT2D eigenvalue weighted by Crippen LogP contribution is 2.25. The Morgan fingerprint density at radius 1 is 1.08 bits per heavy atom. The normalized spacial score (nSPS) is 12.8. The molecular weight excluding hydrogens is 302 g/mol. The molecule has 0 saturated carbocycles. The van der Waals surface area contributed by atoms with Gasteiger partial charge in [0.05, 0.1) is 6.20 Å². The van der Waals surface area contributed by atoms with Crippen LogP contribution >= 0.6 is 0 Å². The maximum atomic E-state index is 5.35. The Balaban J connectivity index is 1.74. The standard InChI is InChI=1S/C18H21N5O/c1-12(21-15-11-19-9-10-20-15)13-5-7-14(8-6-13)16-22-17(24-23-16)18(2,3)4/h5-12H,1-4H3,(H,20,21). The summed E-state index contributed by atoms with van der Waals surface area (Å²) in [5, 5.41) is 7.39. The number of hydrogen-bond acceptors (Lipinski definition) is 6. The Kier molecular flexibility index (Phi) is 4.29. The van der Waals surface area contributed by atoms with Gasteiger partial charge < -0.3 is 9.84 Å².